The van der Waals surface area contributed by atoms with Crippen molar-refractivity contribution in [2.24, 2.45) is 16.6 Å². The van der Waals surface area contributed by atoms with E-state index in [1.807, 2.05) is 0 Å². The van der Waals surface area contributed by atoms with E-state index in [1.165, 1.54) is 6.26 Å². The number of allylic oxidation sites excluding steroid dienone is 1. The Balaban J connectivity index is 2.11. The predicted molar refractivity (Wildman–Crippen MR) is 79.5 cm³/mol. The average molecular weight is 310 g/mol. The number of hydrogen-bond donors (Lipinski definition) is 3. The molecule has 0 aliphatic heterocycles. The molecule has 1 aliphatic carbocycles. The van der Waals surface area contributed by atoms with Crippen molar-refractivity contribution in [2.75, 3.05) is 0 Å². The molecule has 0 bridgehead atoms. The maximum atomic E-state index is 11.3. The minimum atomic E-state index is -1.25. The number of nitrogens with zero attached hydrogens (tertiary/aromatic N) is 1. The van der Waals surface area contributed by atoms with E-state index in [4.69, 9.17) is 21.8 Å². The maximum Gasteiger partial charge on any atom is 0.356 e. The Morgan fingerprint density at radius 1 is 1.62 bits per heavy atom. The molecule has 7 heteroatoms. The van der Waals surface area contributed by atoms with Crippen LogP contribution in [0.15, 0.2) is 50.9 Å². The van der Waals surface area contributed by atoms with Crippen LogP contribution >= 0.6 is 11.6 Å². The second-order valence-corrected chi connectivity index (χ2v) is 5.07. The standard InChI is InChI=1S/C14H16ClN3O3/c1-8(9-4-5-9)18-12(14(19)20)11(15)13(16)17-7-10-3-2-6-21-10/h2-3,6,9,17H,1,4-5,7,16H2,(H,19,20)/b13-11-,18-12+. The van der Waals surface area contributed by atoms with E-state index in [0.717, 1.165) is 12.8 Å². The Morgan fingerprint density at radius 3 is 2.86 bits per heavy atom. The SMILES string of the molecule is C=C(/N=C(C(=O)O)\C(Cl)=C(/N)NCc1ccco1)C1CC1. The molecule has 1 aliphatic rings. The van der Waals surface area contributed by atoms with Crippen LogP contribution in [0.3, 0.4) is 0 Å². The molecule has 0 radical (unpaired) electrons. The number of rotatable bonds is 7. The number of aliphatic carboxylic acids is 1. The third-order valence-corrected chi connectivity index (χ3v) is 3.37. The fourth-order valence-corrected chi connectivity index (χ4v) is 1.83. The highest BCUT2D eigenvalue weighted by molar-refractivity contribution is 6.58. The van der Waals surface area contributed by atoms with E-state index in [0.29, 0.717) is 18.0 Å². The zero-order chi connectivity index (χ0) is 15.4. The van der Waals surface area contributed by atoms with Gasteiger partial charge >= 0.3 is 5.97 Å². The van der Waals surface area contributed by atoms with Gasteiger partial charge in [-0.15, -0.1) is 0 Å². The van der Waals surface area contributed by atoms with Crippen LogP contribution in [0.5, 0.6) is 0 Å². The number of carbonyl (C=O) groups is 1. The highest BCUT2D eigenvalue weighted by atomic mass is 35.5. The van der Waals surface area contributed by atoms with Crippen molar-refractivity contribution in [3.8, 4) is 0 Å². The van der Waals surface area contributed by atoms with Crippen molar-refractivity contribution in [3.05, 3.63) is 47.3 Å². The number of furan rings is 1. The van der Waals surface area contributed by atoms with Gasteiger partial charge in [0.2, 0.25) is 0 Å². The summed E-state index contributed by atoms with van der Waals surface area (Å²) in [4.78, 5) is 15.3. The molecule has 0 atom stereocenters. The zero-order valence-electron chi connectivity index (χ0n) is 11.3. The van der Waals surface area contributed by atoms with Crippen LogP contribution in [0.1, 0.15) is 18.6 Å². The fraction of sp³-hybridized carbons (Fsp3) is 0.286. The summed E-state index contributed by atoms with van der Waals surface area (Å²) >= 11 is 6.01. The van der Waals surface area contributed by atoms with Gasteiger partial charge in [-0.25, -0.2) is 9.79 Å². The molecule has 0 saturated heterocycles. The summed E-state index contributed by atoms with van der Waals surface area (Å²) in [5.41, 5.74) is 5.97. The van der Waals surface area contributed by atoms with Crippen molar-refractivity contribution >= 4 is 23.3 Å². The Bertz CT molecular complexity index is 601. The van der Waals surface area contributed by atoms with E-state index in [-0.39, 0.29) is 22.5 Å². The summed E-state index contributed by atoms with van der Waals surface area (Å²) in [6.07, 6.45) is 3.48. The van der Waals surface area contributed by atoms with Gasteiger partial charge in [-0.05, 0) is 25.0 Å². The molecule has 1 aromatic rings. The van der Waals surface area contributed by atoms with E-state index in [9.17, 15) is 9.90 Å². The highest BCUT2D eigenvalue weighted by Gasteiger charge is 2.26. The summed E-state index contributed by atoms with van der Waals surface area (Å²) in [5, 5.41) is 11.9. The van der Waals surface area contributed by atoms with Gasteiger partial charge in [0.25, 0.3) is 0 Å². The van der Waals surface area contributed by atoms with Gasteiger partial charge in [-0.2, -0.15) is 0 Å². The van der Waals surface area contributed by atoms with Crippen molar-refractivity contribution in [1.29, 1.82) is 0 Å². The number of carboxylic acids is 1. The van der Waals surface area contributed by atoms with E-state index in [2.05, 4.69) is 16.9 Å². The lowest BCUT2D eigenvalue weighted by Crippen LogP contribution is -2.25. The second kappa shape index (κ2) is 6.49. The van der Waals surface area contributed by atoms with Crippen LogP contribution in [0.4, 0.5) is 0 Å². The van der Waals surface area contributed by atoms with Crippen LogP contribution < -0.4 is 11.1 Å². The molecule has 112 valence electrons. The Labute approximate surface area is 127 Å². The normalized spacial score (nSPS) is 16.3. The predicted octanol–water partition coefficient (Wildman–Crippen LogP) is 2.19. The molecule has 6 nitrogen and oxygen atoms in total. The van der Waals surface area contributed by atoms with Crippen LogP contribution in [0.25, 0.3) is 0 Å². The third-order valence-electron chi connectivity index (χ3n) is 2.98. The van der Waals surface area contributed by atoms with E-state index < -0.39 is 5.97 Å². The number of nitrogens with one attached hydrogen (secondary N) is 1. The lowest BCUT2D eigenvalue weighted by atomic mass is 10.3. The van der Waals surface area contributed by atoms with Crippen molar-refractivity contribution < 1.29 is 14.3 Å². The number of nitrogens with two attached hydrogens (primary N) is 1. The topological polar surface area (TPSA) is 101 Å². The lowest BCUT2D eigenvalue weighted by Gasteiger charge is -2.08. The molecule has 1 saturated carbocycles. The van der Waals surface area contributed by atoms with Gasteiger partial charge in [0.1, 0.15) is 16.6 Å². The molecule has 0 amide bonds. The summed E-state index contributed by atoms with van der Waals surface area (Å²) in [6, 6.07) is 3.50. The minimum Gasteiger partial charge on any atom is -0.476 e. The smallest absolute Gasteiger partial charge is 0.356 e. The minimum absolute atomic E-state index is 0.0258. The van der Waals surface area contributed by atoms with Gasteiger partial charge in [-0.1, -0.05) is 18.2 Å². The molecule has 2 rings (SSSR count). The van der Waals surface area contributed by atoms with Crippen LogP contribution in [-0.2, 0) is 11.3 Å². The van der Waals surface area contributed by atoms with Crippen LogP contribution in [0.2, 0.25) is 0 Å². The van der Waals surface area contributed by atoms with Crippen molar-refractivity contribution in [3.63, 3.8) is 0 Å². The maximum absolute atomic E-state index is 11.3. The van der Waals surface area contributed by atoms with E-state index in [1.54, 1.807) is 12.1 Å². The second-order valence-electron chi connectivity index (χ2n) is 4.69. The first-order chi connectivity index (χ1) is 9.99. The molecular formula is C14H16ClN3O3. The summed E-state index contributed by atoms with van der Waals surface area (Å²) in [5.74, 6) is -0.317. The largest absolute Gasteiger partial charge is 0.476 e. The highest BCUT2D eigenvalue weighted by Crippen LogP contribution is 2.36. The molecule has 21 heavy (non-hydrogen) atoms. The lowest BCUT2D eigenvalue weighted by molar-refractivity contribution is -0.129. The first-order valence-corrected chi connectivity index (χ1v) is 6.79. The first kappa shape index (κ1) is 15.2. The Kier molecular flexibility index (Phi) is 4.70. The number of hydrogen-bond acceptors (Lipinski definition) is 5. The molecule has 1 heterocycles. The molecule has 4 N–H and O–H groups in total. The van der Waals surface area contributed by atoms with Gasteiger partial charge in [0.15, 0.2) is 5.71 Å². The van der Waals surface area contributed by atoms with Gasteiger partial charge < -0.3 is 20.6 Å². The molecule has 0 unspecified atom stereocenters. The zero-order valence-corrected chi connectivity index (χ0v) is 12.1. The summed E-state index contributed by atoms with van der Waals surface area (Å²) in [7, 11) is 0. The first-order valence-electron chi connectivity index (χ1n) is 6.41. The monoisotopic (exact) mass is 309 g/mol. The van der Waals surface area contributed by atoms with Crippen molar-refractivity contribution in [2.45, 2.75) is 19.4 Å². The third kappa shape index (κ3) is 4.13. The van der Waals surface area contributed by atoms with Crippen LogP contribution in [-0.4, -0.2) is 16.8 Å². The average Bonchev–Trinajstić information content (AvgIpc) is 3.18. The molecule has 1 aromatic heterocycles. The number of aliphatic imine (C=N–C) groups is 1. The molecule has 1 fully saturated rings. The molecule has 0 aromatic carbocycles. The number of halogens is 1. The summed E-state index contributed by atoms with van der Waals surface area (Å²) in [6.45, 7) is 4.06. The van der Waals surface area contributed by atoms with Gasteiger partial charge in [-0.3, -0.25) is 0 Å². The van der Waals surface area contributed by atoms with Gasteiger partial charge in [0.05, 0.1) is 12.8 Å². The Morgan fingerprint density at radius 2 is 2.33 bits per heavy atom. The quantitative estimate of drug-likeness (QED) is 0.670. The van der Waals surface area contributed by atoms with Crippen molar-refractivity contribution in [1.82, 2.24) is 5.32 Å². The summed E-state index contributed by atoms with van der Waals surface area (Å²) < 4.78 is 5.13. The Hall–Kier alpha value is -2.21. The van der Waals surface area contributed by atoms with Gasteiger partial charge in [0, 0.05) is 11.6 Å². The fourth-order valence-electron chi connectivity index (χ4n) is 1.64. The van der Waals surface area contributed by atoms with Crippen LogP contribution in [0, 0.1) is 5.92 Å². The van der Waals surface area contributed by atoms with E-state index >= 15 is 0 Å². The number of carboxylic acid groups (broad SMARTS) is 1. The molecule has 0 spiro atoms. The molecular weight excluding hydrogens is 294 g/mol.